The first kappa shape index (κ1) is 16.5. The lowest BCUT2D eigenvalue weighted by Crippen LogP contribution is -2.21. The van der Waals surface area contributed by atoms with E-state index in [4.69, 9.17) is 11.6 Å². The van der Waals surface area contributed by atoms with Crippen molar-refractivity contribution < 1.29 is 0 Å². The molecule has 2 aromatic carbocycles. The largest absolute Gasteiger partial charge is 0.339 e. The fraction of sp³-hybridized carbons (Fsp3) is 0.263. The zero-order valence-corrected chi connectivity index (χ0v) is 16.0. The molecular formula is C19H19ClN4S. The number of nitrogens with zero attached hydrogens (tertiary/aromatic N) is 4. The molecule has 128 valence electrons. The number of aryl methyl sites for hydroxylation is 1. The number of aromatic nitrogens is 3. The van der Waals surface area contributed by atoms with Crippen molar-refractivity contribution in [3.05, 3.63) is 59.1 Å². The van der Waals surface area contributed by atoms with Gasteiger partial charge in [0.1, 0.15) is 11.6 Å². The monoisotopic (exact) mass is 370 g/mol. The summed E-state index contributed by atoms with van der Waals surface area (Å²) in [6.07, 6.45) is 2.10. The van der Waals surface area contributed by atoms with E-state index in [1.807, 2.05) is 19.1 Å². The summed E-state index contributed by atoms with van der Waals surface area (Å²) < 4.78 is 2.18. The minimum atomic E-state index is 0.252. The average Bonchev–Trinajstić information content (AvgIpc) is 2.95. The minimum Gasteiger partial charge on any atom is -0.339 e. The molecule has 1 aliphatic heterocycles. The van der Waals surface area contributed by atoms with Crippen molar-refractivity contribution in [1.82, 2.24) is 14.8 Å². The van der Waals surface area contributed by atoms with Crippen LogP contribution in [-0.4, -0.2) is 27.6 Å². The summed E-state index contributed by atoms with van der Waals surface area (Å²) in [5, 5.41) is 9.50. The molecule has 0 saturated heterocycles. The van der Waals surface area contributed by atoms with Gasteiger partial charge in [-0.1, -0.05) is 18.5 Å². The molecule has 1 aliphatic rings. The molecular weight excluding hydrogens is 352 g/mol. The van der Waals surface area contributed by atoms with E-state index in [0.717, 1.165) is 34.6 Å². The van der Waals surface area contributed by atoms with E-state index < -0.39 is 0 Å². The molecule has 0 bridgehead atoms. The molecule has 3 aromatic rings. The highest BCUT2D eigenvalue weighted by atomic mass is 35.5. The van der Waals surface area contributed by atoms with Crippen LogP contribution in [0, 0.1) is 6.92 Å². The van der Waals surface area contributed by atoms with Gasteiger partial charge in [-0.2, -0.15) is 0 Å². The van der Waals surface area contributed by atoms with Gasteiger partial charge < -0.3 is 4.90 Å². The van der Waals surface area contributed by atoms with Crippen LogP contribution in [0.25, 0.3) is 5.69 Å². The molecule has 4 rings (SSSR count). The number of hydrogen-bond donors (Lipinski definition) is 0. The molecule has 4 nitrogen and oxygen atoms in total. The number of benzene rings is 2. The molecule has 1 atom stereocenters. The van der Waals surface area contributed by atoms with Crippen LogP contribution in [-0.2, 0) is 0 Å². The first-order valence-corrected chi connectivity index (χ1v) is 9.82. The Morgan fingerprint density at radius 3 is 2.56 bits per heavy atom. The SMILES string of the molecule is CSc1ccc2c(c1)N(c1ccc(Cl)cc1)C[C@@H](C)c1nnc(C)n1-2. The van der Waals surface area contributed by atoms with E-state index in [0.29, 0.717) is 0 Å². The number of hydrogen-bond acceptors (Lipinski definition) is 4. The van der Waals surface area contributed by atoms with Crippen molar-refractivity contribution in [2.45, 2.75) is 24.7 Å². The van der Waals surface area contributed by atoms with Gasteiger partial charge in [-0.15, -0.1) is 22.0 Å². The van der Waals surface area contributed by atoms with Gasteiger partial charge in [-0.25, -0.2) is 0 Å². The predicted octanol–water partition coefficient (Wildman–Crippen LogP) is 5.21. The quantitative estimate of drug-likeness (QED) is 0.580. The Kier molecular flexibility index (Phi) is 4.21. The van der Waals surface area contributed by atoms with Crippen molar-refractivity contribution in [3.63, 3.8) is 0 Å². The fourth-order valence-electron chi connectivity index (χ4n) is 3.35. The maximum Gasteiger partial charge on any atom is 0.142 e. The molecule has 0 unspecified atom stereocenters. The number of halogens is 1. The van der Waals surface area contributed by atoms with Crippen LogP contribution in [0.5, 0.6) is 0 Å². The molecule has 25 heavy (non-hydrogen) atoms. The zero-order chi connectivity index (χ0) is 17.6. The van der Waals surface area contributed by atoms with Crippen LogP contribution in [0.15, 0.2) is 47.4 Å². The molecule has 0 aliphatic carbocycles. The zero-order valence-electron chi connectivity index (χ0n) is 14.4. The van der Waals surface area contributed by atoms with Crippen molar-refractivity contribution in [2.75, 3.05) is 17.7 Å². The Bertz CT molecular complexity index is 920. The molecule has 0 fully saturated rings. The van der Waals surface area contributed by atoms with Crippen LogP contribution in [0.3, 0.4) is 0 Å². The maximum atomic E-state index is 6.09. The Labute approximate surface area is 156 Å². The highest BCUT2D eigenvalue weighted by Gasteiger charge is 2.28. The molecule has 0 radical (unpaired) electrons. The first-order valence-electron chi connectivity index (χ1n) is 8.22. The molecule has 6 heteroatoms. The summed E-state index contributed by atoms with van der Waals surface area (Å²) in [6.45, 7) is 5.04. The van der Waals surface area contributed by atoms with Gasteiger partial charge in [0.2, 0.25) is 0 Å². The second-order valence-electron chi connectivity index (χ2n) is 6.28. The lowest BCUT2D eigenvalue weighted by molar-refractivity contribution is 0.696. The topological polar surface area (TPSA) is 34.0 Å². The first-order chi connectivity index (χ1) is 12.1. The Hall–Kier alpha value is -1.98. The van der Waals surface area contributed by atoms with Crippen LogP contribution >= 0.6 is 23.4 Å². The van der Waals surface area contributed by atoms with E-state index in [1.165, 1.54) is 10.6 Å². The van der Waals surface area contributed by atoms with Crippen LogP contribution in [0.2, 0.25) is 5.02 Å². The summed E-state index contributed by atoms with van der Waals surface area (Å²) in [4.78, 5) is 3.59. The summed E-state index contributed by atoms with van der Waals surface area (Å²) in [5.74, 6) is 2.17. The minimum absolute atomic E-state index is 0.252. The number of rotatable bonds is 2. The Morgan fingerprint density at radius 2 is 1.84 bits per heavy atom. The van der Waals surface area contributed by atoms with Gasteiger partial charge in [0.15, 0.2) is 0 Å². The van der Waals surface area contributed by atoms with Crippen LogP contribution < -0.4 is 4.90 Å². The second kappa shape index (κ2) is 6.39. The highest BCUT2D eigenvalue weighted by molar-refractivity contribution is 7.98. The van der Waals surface area contributed by atoms with E-state index >= 15 is 0 Å². The number of thioether (sulfide) groups is 1. The molecule has 1 aromatic heterocycles. The molecule has 2 heterocycles. The summed E-state index contributed by atoms with van der Waals surface area (Å²) >= 11 is 7.84. The maximum absolute atomic E-state index is 6.09. The van der Waals surface area contributed by atoms with Gasteiger partial charge in [-0.3, -0.25) is 4.57 Å². The Morgan fingerprint density at radius 1 is 1.08 bits per heavy atom. The second-order valence-corrected chi connectivity index (χ2v) is 7.60. The van der Waals surface area contributed by atoms with E-state index in [2.05, 4.69) is 63.2 Å². The normalized spacial score (nSPS) is 16.3. The Balaban J connectivity index is 1.96. The van der Waals surface area contributed by atoms with Gasteiger partial charge >= 0.3 is 0 Å². The third-order valence-electron chi connectivity index (χ3n) is 4.60. The molecule has 0 spiro atoms. The van der Waals surface area contributed by atoms with E-state index in [1.54, 1.807) is 11.8 Å². The smallest absolute Gasteiger partial charge is 0.142 e. The predicted molar refractivity (Wildman–Crippen MR) is 105 cm³/mol. The lowest BCUT2D eigenvalue weighted by Gasteiger charge is -2.27. The van der Waals surface area contributed by atoms with Crippen LogP contribution in [0.4, 0.5) is 11.4 Å². The van der Waals surface area contributed by atoms with Gasteiger partial charge in [0.05, 0.1) is 11.4 Å². The van der Waals surface area contributed by atoms with E-state index in [9.17, 15) is 0 Å². The fourth-order valence-corrected chi connectivity index (χ4v) is 3.91. The summed E-state index contributed by atoms with van der Waals surface area (Å²) in [6, 6.07) is 14.6. The van der Waals surface area contributed by atoms with Crippen molar-refractivity contribution in [1.29, 1.82) is 0 Å². The molecule has 0 saturated carbocycles. The molecule has 0 amide bonds. The van der Waals surface area contributed by atoms with Crippen molar-refractivity contribution in [3.8, 4) is 5.69 Å². The summed E-state index contributed by atoms with van der Waals surface area (Å²) in [7, 11) is 0. The van der Waals surface area contributed by atoms with E-state index in [-0.39, 0.29) is 5.92 Å². The highest BCUT2D eigenvalue weighted by Crippen LogP contribution is 2.40. The van der Waals surface area contributed by atoms with Crippen molar-refractivity contribution in [2.24, 2.45) is 0 Å². The van der Waals surface area contributed by atoms with Crippen LogP contribution in [0.1, 0.15) is 24.5 Å². The lowest BCUT2D eigenvalue weighted by atomic mass is 10.1. The standard InChI is InChI=1S/C19H19ClN4S/c1-12-11-23(15-6-4-14(20)5-7-15)18-10-16(25-3)8-9-17(18)24-13(2)21-22-19(12)24/h4-10,12H,11H2,1-3H3/t12-/m1/s1. The van der Waals surface area contributed by atoms with Gasteiger partial charge in [-0.05, 0) is 55.6 Å². The van der Waals surface area contributed by atoms with Crippen molar-refractivity contribution >= 4 is 34.7 Å². The summed E-state index contributed by atoms with van der Waals surface area (Å²) in [5.41, 5.74) is 3.42. The average molecular weight is 371 g/mol. The molecule has 0 N–H and O–H groups in total. The third kappa shape index (κ3) is 2.81. The van der Waals surface area contributed by atoms with Gasteiger partial charge in [0.25, 0.3) is 0 Å². The van der Waals surface area contributed by atoms with Gasteiger partial charge in [0, 0.05) is 28.1 Å². The number of anilines is 2. The number of fused-ring (bicyclic) bond motifs is 3. The third-order valence-corrected chi connectivity index (χ3v) is 5.58.